The SMILES string of the molecule is CNC(=O)c1nc(-c2cn(CCCO)nc2C#N)ccc1Nc1nc(Nc2ccc(CP=O)cc2OC)ncc1C(F)(F)F. The third kappa shape index (κ3) is 7.25. The van der Waals surface area contributed by atoms with E-state index >= 15 is 0 Å². The van der Waals surface area contributed by atoms with Crippen LogP contribution in [0.3, 0.4) is 0 Å². The molecular weight excluding hydrogens is 602 g/mol. The fraction of sp³-hybridized carbons (Fsp3) is 0.259. The lowest BCUT2D eigenvalue weighted by molar-refractivity contribution is -0.137. The number of aromatic nitrogens is 5. The Bertz CT molecular complexity index is 1720. The molecule has 4 N–H and O–H groups in total. The van der Waals surface area contributed by atoms with Gasteiger partial charge < -0.3 is 25.8 Å². The average molecular weight is 628 g/mol. The van der Waals surface area contributed by atoms with Crippen molar-refractivity contribution in [1.82, 2.24) is 30.0 Å². The van der Waals surface area contributed by atoms with Crippen LogP contribution in [0.2, 0.25) is 0 Å². The van der Waals surface area contributed by atoms with Gasteiger partial charge in [0, 0.05) is 32.6 Å². The topological polar surface area (TPSA) is 180 Å². The lowest BCUT2D eigenvalue weighted by Crippen LogP contribution is -2.21. The summed E-state index contributed by atoms with van der Waals surface area (Å²) in [5.74, 6) is -1.27. The number of aliphatic hydroxyl groups excluding tert-OH is 1. The third-order valence-corrected chi connectivity index (χ3v) is 6.63. The lowest BCUT2D eigenvalue weighted by Gasteiger charge is -2.17. The minimum absolute atomic E-state index is 0.0148. The first-order chi connectivity index (χ1) is 21.1. The molecule has 228 valence electrons. The number of carbonyl (C=O) groups excluding carboxylic acids is 1. The Labute approximate surface area is 250 Å². The highest BCUT2D eigenvalue weighted by Gasteiger charge is 2.36. The Morgan fingerprint density at radius 3 is 2.61 bits per heavy atom. The highest BCUT2D eigenvalue weighted by Crippen LogP contribution is 2.37. The number of benzene rings is 1. The van der Waals surface area contributed by atoms with Gasteiger partial charge in [-0.15, -0.1) is 0 Å². The molecule has 0 aliphatic heterocycles. The zero-order chi connectivity index (χ0) is 31.9. The number of aliphatic hydroxyl groups is 1. The average Bonchev–Trinajstić information content (AvgIpc) is 3.43. The van der Waals surface area contributed by atoms with Gasteiger partial charge in [-0.3, -0.25) is 14.0 Å². The van der Waals surface area contributed by atoms with E-state index < -0.39 is 23.5 Å². The highest BCUT2D eigenvalue weighted by atomic mass is 31.1. The number of nitrogens with zero attached hydrogens (tertiary/aromatic N) is 6. The van der Waals surface area contributed by atoms with Crippen molar-refractivity contribution < 1.29 is 32.4 Å². The number of hydrogen-bond donors (Lipinski definition) is 4. The number of halogens is 3. The zero-order valence-electron chi connectivity index (χ0n) is 23.3. The maximum atomic E-state index is 14.0. The second kappa shape index (κ2) is 13.9. The normalized spacial score (nSPS) is 11.2. The van der Waals surface area contributed by atoms with Crippen LogP contribution in [0.25, 0.3) is 11.3 Å². The molecule has 0 saturated carbocycles. The molecule has 17 heteroatoms. The van der Waals surface area contributed by atoms with Gasteiger partial charge in [-0.25, -0.2) is 9.97 Å². The number of alkyl halides is 3. The molecule has 0 unspecified atom stereocenters. The summed E-state index contributed by atoms with van der Waals surface area (Å²) in [6.45, 7) is 0.242. The Kier molecular flexibility index (Phi) is 10.0. The maximum Gasteiger partial charge on any atom is 0.421 e. The van der Waals surface area contributed by atoms with Crippen LogP contribution in [0.15, 0.2) is 42.7 Å². The molecule has 0 aliphatic carbocycles. The molecule has 4 rings (SSSR count). The Morgan fingerprint density at radius 2 is 1.95 bits per heavy atom. The number of aryl methyl sites for hydroxylation is 1. The summed E-state index contributed by atoms with van der Waals surface area (Å²) in [5.41, 5.74) is -0.0485. The minimum atomic E-state index is -4.86. The van der Waals surface area contributed by atoms with Gasteiger partial charge in [0.25, 0.3) is 5.91 Å². The summed E-state index contributed by atoms with van der Waals surface area (Å²) in [4.78, 5) is 25.0. The number of hydrogen-bond acceptors (Lipinski definition) is 11. The second-order valence-electron chi connectivity index (χ2n) is 9.04. The van der Waals surface area contributed by atoms with Gasteiger partial charge in [-0.05, 0) is 36.2 Å². The molecular formula is C27H25F3N9O4P. The van der Waals surface area contributed by atoms with Crippen LogP contribution in [-0.4, -0.2) is 56.5 Å². The van der Waals surface area contributed by atoms with Gasteiger partial charge in [0.15, 0.2) is 19.8 Å². The van der Waals surface area contributed by atoms with Crippen molar-refractivity contribution in [3.05, 3.63) is 65.2 Å². The number of methoxy groups -OCH3 is 1. The lowest BCUT2D eigenvalue weighted by atomic mass is 10.1. The number of nitriles is 1. The van der Waals surface area contributed by atoms with Gasteiger partial charge in [0.2, 0.25) is 5.95 Å². The van der Waals surface area contributed by atoms with E-state index in [-0.39, 0.29) is 49.9 Å². The molecule has 4 aromatic rings. The number of anilines is 4. The maximum absolute atomic E-state index is 14.0. The Hall–Kier alpha value is -5.13. The Balaban J connectivity index is 1.74. The molecule has 0 radical (unpaired) electrons. The van der Waals surface area contributed by atoms with Gasteiger partial charge in [-0.2, -0.15) is 28.5 Å². The van der Waals surface area contributed by atoms with Gasteiger partial charge in [0.05, 0.1) is 35.9 Å². The number of amides is 1. The summed E-state index contributed by atoms with van der Waals surface area (Å²) in [6.07, 6.45) is -2.10. The first-order valence-corrected chi connectivity index (χ1v) is 13.9. The molecule has 0 spiro atoms. The fourth-order valence-corrected chi connectivity index (χ4v) is 4.39. The molecule has 0 saturated heterocycles. The fourth-order valence-electron chi connectivity index (χ4n) is 4.04. The van der Waals surface area contributed by atoms with Crippen molar-refractivity contribution in [2.75, 3.05) is 31.4 Å². The van der Waals surface area contributed by atoms with Crippen LogP contribution in [0, 0.1) is 11.3 Å². The quantitative estimate of drug-likeness (QED) is 0.161. The molecule has 1 amide bonds. The molecule has 0 bridgehead atoms. The van der Waals surface area contributed by atoms with E-state index in [4.69, 9.17) is 9.84 Å². The predicted molar refractivity (Wildman–Crippen MR) is 153 cm³/mol. The minimum Gasteiger partial charge on any atom is -0.495 e. The van der Waals surface area contributed by atoms with Crippen LogP contribution in [0.4, 0.5) is 36.3 Å². The highest BCUT2D eigenvalue weighted by molar-refractivity contribution is 7.22. The van der Waals surface area contributed by atoms with E-state index in [2.05, 4.69) is 36.0 Å². The molecule has 13 nitrogen and oxygen atoms in total. The summed E-state index contributed by atoms with van der Waals surface area (Å²) >= 11 is 0. The summed E-state index contributed by atoms with van der Waals surface area (Å²) in [5, 5.41) is 30.6. The van der Waals surface area contributed by atoms with Crippen molar-refractivity contribution in [3.63, 3.8) is 0 Å². The van der Waals surface area contributed by atoms with Gasteiger partial charge >= 0.3 is 6.18 Å². The molecule has 0 aliphatic rings. The smallest absolute Gasteiger partial charge is 0.421 e. The Morgan fingerprint density at radius 1 is 1.18 bits per heavy atom. The number of nitrogens with one attached hydrogen (secondary N) is 3. The predicted octanol–water partition coefficient (Wildman–Crippen LogP) is 4.66. The standard InChI is InChI=1S/C27H25F3N9O4P/c1-32-25(41)23-20(7-6-18(34-23)16-13-39(8-3-9-40)38-21(16)11-31)35-24-17(27(28,29)30)12-33-26(37-24)36-19-5-4-15(14-44-42)10-22(19)43-2/h4-7,10,12-13,40H,3,8-9,14H2,1-2H3,(H,32,41)(H2,33,35,36,37). The number of rotatable bonds is 12. The van der Waals surface area contributed by atoms with E-state index in [1.807, 2.05) is 6.07 Å². The largest absolute Gasteiger partial charge is 0.495 e. The van der Waals surface area contributed by atoms with Crippen LogP contribution < -0.4 is 20.7 Å². The van der Waals surface area contributed by atoms with Crippen molar-refractivity contribution >= 4 is 37.5 Å². The van der Waals surface area contributed by atoms with Crippen molar-refractivity contribution in [3.8, 4) is 23.1 Å². The molecule has 3 aromatic heterocycles. The van der Waals surface area contributed by atoms with Crippen LogP contribution >= 0.6 is 8.46 Å². The van der Waals surface area contributed by atoms with E-state index in [0.29, 0.717) is 41.7 Å². The van der Waals surface area contributed by atoms with E-state index in [1.165, 1.54) is 37.2 Å². The van der Waals surface area contributed by atoms with Crippen LogP contribution in [0.1, 0.15) is 33.7 Å². The first-order valence-electron chi connectivity index (χ1n) is 12.9. The number of ether oxygens (including phenoxy) is 1. The second-order valence-corrected chi connectivity index (χ2v) is 9.62. The number of carbonyl (C=O) groups is 1. The van der Waals surface area contributed by atoms with Crippen molar-refractivity contribution in [1.29, 1.82) is 5.26 Å². The van der Waals surface area contributed by atoms with Crippen molar-refractivity contribution in [2.24, 2.45) is 0 Å². The monoisotopic (exact) mass is 627 g/mol. The van der Waals surface area contributed by atoms with Crippen LogP contribution in [0.5, 0.6) is 5.75 Å². The third-order valence-electron chi connectivity index (χ3n) is 6.13. The van der Waals surface area contributed by atoms with Gasteiger partial charge in [0.1, 0.15) is 23.2 Å². The van der Waals surface area contributed by atoms with E-state index in [0.717, 1.165) is 0 Å². The summed E-state index contributed by atoms with van der Waals surface area (Å²) in [6, 6.07) is 9.58. The first kappa shape index (κ1) is 31.8. The summed E-state index contributed by atoms with van der Waals surface area (Å²) < 4.78 is 59.7. The molecule has 3 heterocycles. The van der Waals surface area contributed by atoms with E-state index in [1.54, 1.807) is 18.2 Å². The molecule has 1 aromatic carbocycles. The van der Waals surface area contributed by atoms with E-state index in [9.17, 15) is 27.8 Å². The van der Waals surface area contributed by atoms with Gasteiger partial charge in [-0.1, -0.05) is 6.07 Å². The summed E-state index contributed by atoms with van der Waals surface area (Å²) in [7, 11) is 2.64. The molecule has 44 heavy (non-hydrogen) atoms. The molecule has 0 atom stereocenters. The zero-order valence-corrected chi connectivity index (χ0v) is 24.2. The molecule has 0 fully saturated rings. The number of pyridine rings is 1. The van der Waals surface area contributed by atoms with Crippen LogP contribution in [-0.2, 0) is 23.4 Å². The van der Waals surface area contributed by atoms with Crippen molar-refractivity contribution in [2.45, 2.75) is 25.3 Å².